The molecule has 0 atom stereocenters. The summed E-state index contributed by atoms with van der Waals surface area (Å²) in [5.41, 5.74) is 0.474. The minimum absolute atomic E-state index is 0.00836. The molecule has 0 aliphatic rings. The van der Waals surface area contributed by atoms with Gasteiger partial charge in [0.05, 0.1) is 17.4 Å². The highest BCUT2D eigenvalue weighted by atomic mass is 16.6. The van der Waals surface area contributed by atoms with Gasteiger partial charge in [0.2, 0.25) is 0 Å². The second-order valence-electron chi connectivity index (χ2n) is 4.52. The van der Waals surface area contributed by atoms with Crippen LogP contribution in [0.5, 0.6) is 0 Å². The number of hydrogen-bond donors (Lipinski definition) is 1. The van der Waals surface area contributed by atoms with Gasteiger partial charge in [-0.25, -0.2) is 4.98 Å². The number of anilines is 1. The normalized spacial score (nSPS) is 10.5. The third kappa shape index (κ3) is 3.90. The number of carbonyl (C=O) groups is 1. The first kappa shape index (κ1) is 14.9. The summed E-state index contributed by atoms with van der Waals surface area (Å²) in [7, 11) is 0. The van der Waals surface area contributed by atoms with Gasteiger partial charge >= 0.3 is 5.97 Å². The lowest BCUT2D eigenvalue weighted by Gasteiger charge is -2.27. The molecule has 0 aromatic carbocycles. The van der Waals surface area contributed by atoms with Crippen molar-refractivity contribution in [2.75, 3.05) is 11.4 Å². The second-order valence-corrected chi connectivity index (χ2v) is 4.52. The molecule has 0 aliphatic carbocycles. The third-order valence-electron chi connectivity index (χ3n) is 2.74. The molecule has 0 radical (unpaired) electrons. The lowest BCUT2D eigenvalue weighted by atomic mass is 10.2. The number of aryl methyl sites for hydroxylation is 1. The molecule has 0 bridgehead atoms. The summed E-state index contributed by atoms with van der Waals surface area (Å²) in [6.45, 7) is 5.65. The Kier molecular flexibility index (Phi) is 4.80. The van der Waals surface area contributed by atoms with Crippen LogP contribution in [0.15, 0.2) is 12.3 Å². The molecule has 1 rings (SSSR count). The van der Waals surface area contributed by atoms with Gasteiger partial charge in [-0.2, -0.15) is 0 Å². The summed E-state index contributed by atoms with van der Waals surface area (Å²) in [6.07, 6.45) is 1.39. The molecule has 0 fully saturated rings. The number of nitro groups is 1. The van der Waals surface area contributed by atoms with Crippen LogP contribution in [0.2, 0.25) is 0 Å². The highest BCUT2D eigenvalue weighted by Crippen LogP contribution is 2.23. The van der Waals surface area contributed by atoms with Gasteiger partial charge < -0.3 is 10.0 Å². The van der Waals surface area contributed by atoms with E-state index in [0.29, 0.717) is 11.4 Å². The first-order valence-corrected chi connectivity index (χ1v) is 5.92. The van der Waals surface area contributed by atoms with Crippen LogP contribution in [0, 0.1) is 17.0 Å². The summed E-state index contributed by atoms with van der Waals surface area (Å²) in [5, 5.41) is 19.6. The molecule has 0 amide bonds. The summed E-state index contributed by atoms with van der Waals surface area (Å²) < 4.78 is 0. The predicted octanol–water partition coefficient (Wildman–Crippen LogP) is 1.99. The number of hydrogen-bond acceptors (Lipinski definition) is 5. The minimum atomic E-state index is -0.910. The standard InChI is InChI=1S/C12H17N3O4/c1-8(2)14(5-4-12(16)17)11-6-10(15(18)19)9(3)7-13-11/h6-8H,4-5H2,1-3H3,(H,16,17). The maximum Gasteiger partial charge on any atom is 0.305 e. The van der Waals surface area contributed by atoms with Crippen LogP contribution in [0.4, 0.5) is 11.5 Å². The van der Waals surface area contributed by atoms with Crippen molar-refractivity contribution in [3.8, 4) is 0 Å². The number of nitrogens with zero attached hydrogens (tertiary/aromatic N) is 3. The van der Waals surface area contributed by atoms with Crippen LogP contribution < -0.4 is 4.90 Å². The molecular weight excluding hydrogens is 250 g/mol. The molecule has 0 saturated carbocycles. The van der Waals surface area contributed by atoms with Gasteiger partial charge in [-0.15, -0.1) is 0 Å². The van der Waals surface area contributed by atoms with Crippen molar-refractivity contribution in [1.82, 2.24) is 4.98 Å². The average molecular weight is 267 g/mol. The number of rotatable bonds is 6. The fraction of sp³-hybridized carbons (Fsp3) is 0.500. The van der Waals surface area contributed by atoms with Gasteiger partial charge in [0.15, 0.2) is 0 Å². The zero-order chi connectivity index (χ0) is 14.6. The number of pyridine rings is 1. The van der Waals surface area contributed by atoms with Crippen molar-refractivity contribution in [2.24, 2.45) is 0 Å². The Morgan fingerprint density at radius 1 is 1.58 bits per heavy atom. The first-order chi connectivity index (χ1) is 8.82. The van der Waals surface area contributed by atoms with E-state index in [-0.39, 0.29) is 24.7 Å². The molecule has 1 heterocycles. The molecule has 0 spiro atoms. The summed E-state index contributed by atoms with van der Waals surface area (Å²) in [5.74, 6) is -0.485. The van der Waals surface area contributed by atoms with E-state index in [1.54, 1.807) is 11.8 Å². The summed E-state index contributed by atoms with van der Waals surface area (Å²) >= 11 is 0. The van der Waals surface area contributed by atoms with E-state index in [1.807, 2.05) is 13.8 Å². The molecule has 1 aromatic heterocycles. The Balaban J connectivity index is 3.05. The molecule has 1 N–H and O–H groups in total. The molecule has 0 aliphatic heterocycles. The van der Waals surface area contributed by atoms with Crippen LogP contribution in [-0.4, -0.2) is 33.6 Å². The SMILES string of the molecule is Cc1cnc(N(CCC(=O)O)C(C)C)cc1[N+](=O)[O-]. The molecule has 1 aromatic rings. The monoisotopic (exact) mass is 267 g/mol. The molecule has 7 heteroatoms. The zero-order valence-corrected chi connectivity index (χ0v) is 11.2. The molecular formula is C12H17N3O4. The van der Waals surface area contributed by atoms with E-state index >= 15 is 0 Å². The molecule has 0 unspecified atom stereocenters. The lowest BCUT2D eigenvalue weighted by Crippen LogP contribution is -2.33. The Morgan fingerprint density at radius 3 is 2.68 bits per heavy atom. The van der Waals surface area contributed by atoms with E-state index in [0.717, 1.165) is 0 Å². The van der Waals surface area contributed by atoms with Gasteiger partial charge in [0, 0.05) is 24.3 Å². The van der Waals surface area contributed by atoms with E-state index in [2.05, 4.69) is 4.98 Å². The van der Waals surface area contributed by atoms with Crippen molar-refractivity contribution in [3.63, 3.8) is 0 Å². The summed E-state index contributed by atoms with van der Waals surface area (Å²) in [4.78, 5) is 27.0. The maximum absolute atomic E-state index is 10.9. The number of aromatic nitrogens is 1. The van der Waals surface area contributed by atoms with Crippen molar-refractivity contribution < 1.29 is 14.8 Å². The van der Waals surface area contributed by atoms with Crippen LogP contribution in [-0.2, 0) is 4.79 Å². The van der Waals surface area contributed by atoms with Crippen molar-refractivity contribution in [1.29, 1.82) is 0 Å². The van der Waals surface area contributed by atoms with Crippen molar-refractivity contribution in [2.45, 2.75) is 33.2 Å². The fourth-order valence-electron chi connectivity index (χ4n) is 1.71. The predicted molar refractivity (Wildman–Crippen MR) is 70.4 cm³/mol. The van der Waals surface area contributed by atoms with E-state index < -0.39 is 10.9 Å². The Morgan fingerprint density at radius 2 is 2.21 bits per heavy atom. The fourth-order valence-corrected chi connectivity index (χ4v) is 1.71. The average Bonchev–Trinajstić information content (AvgIpc) is 2.30. The van der Waals surface area contributed by atoms with Crippen LogP contribution >= 0.6 is 0 Å². The Hall–Kier alpha value is -2.18. The molecule has 19 heavy (non-hydrogen) atoms. The van der Waals surface area contributed by atoms with Crippen LogP contribution in [0.25, 0.3) is 0 Å². The molecule has 104 valence electrons. The first-order valence-electron chi connectivity index (χ1n) is 5.92. The molecule has 0 saturated heterocycles. The van der Waals surface area contributed by atoms with Crippen LogP contribution in [0.3, 0.4) is 0 Å². The maximum atomic E-state index is 10.9. The highest BCUT2D eigenvalue weighted by molar-refractivity contribution is 5.67. The van der Waals surface area contributed by atoms with E-state index in [1.165, 1.54) is 12.3 Å². The lowest BCUT2D eigenvalue weighted by molar-refractivity contribution is -0.385. The largest absolute Gasteiger partial charge is 0.481 e. The Bertz CT molecular complexity index is 488. The van der Waals surface area contributed by atoms with E-state index in [4.69, 9.17) is 5.11 Å². The number of carboxylic acid groups (broad SMARTS) is 1. The number of aliphatic carboxylic acids is 1. The van der Waals surface area contributed by atoms with Crippen molar-refractivity contribution in [3.05, 3.63) is 27.9 Å². The van der Waals surface area contributed by atoms with Gasteiger partial charge in [-0.05, 0) is 20.8 Å². The van der Waals surface area contributed by atoms with Crippen LogP contribution in [0.1, 0.15) is 25.8 Å². The zero-order valence-electron chi connectivity index (χ0n) is 11.2. The molecule has 7 nitrogen and oxygen atoms in total. The van der Waals surface area contributed by atoms with Crippen molar-refractivity contribution >= 4 is 17.5 Å². The highest BCUT2D eigenvalue weighted by Gasteiger charge is 2.18. The second kappa shape index (κ2) is 6.12. The quantitative estimate of drug-likeness (QED) is 0.625. The summed E-state index contributed by atoms with van der Waals surface area (Å²) in [6, 6.07) is 1.39. The number of carboxylic acids is 1. The van der Waals surface area contributed by atoms with Gasteiger partial charge in [0.1, 0.15) is 5.82 Å². The van der Waals surface area contributed by atoms with E-state index in [9.17, 15) is 14.9 Å². The van der Waals surface area contributed by atoms with Gasteiger partial charge in [0.25, 0.3) is 5.69 Å². The topological polar surface area (TPSA) is 96.6 Å². The minimum Gasteiger partial charge on any atom is -0.481 e. The third-order valence-corrected chi connectivity index (χ3v) is 2.74. The smallest absolute Gasteiger partial charge is 0.305 e. The Labute approximate surface area is 111 Å². The van der Waals surface area contributed by atoms with Gasteiger partial charge in [-0.3, -0.25) is 14.9 Å². The van der Waals surface area contributed by atoms with Gasteiger partial charge in [-0.1, -0.05) is 0 Å².